The van der Waals surface area contributed by atoms with E-state index in [1.807, 2.05) is 0 Å². The highest BCUT2D eigenvalue weighted by molar-refractivity contribution is 7.12. The molecule has 3 aromatic rings. The highest BCUT2D eigenvalue weighted by Gasteiger charge is 2.17. The molecule has 0 atom stereocenters. The second-order valence-electron chi connectivity index (χ2n) is 5.58. The van der Waals surface area contributed by atoms with Gasteiger partial charge in [0, 0.05) is 24.7 Å². The molecule has 0 saturated carbocycles. The number of benzene rings is 2. The Hall–Kier alpha value is -2.97. The monoisotopic (exact) mass is 387 g/mol. The predicted octanol–water partition coefficient (Wildman–Crippen LogP) is 3.47. The van der Waals surface area contributed by atoms with E-state index in [0.29, 0.717) is 27.5 Å². The Morgan fingerprint density at radius 1 is 1.26 bits per heavy atom. The van der Waals surface area contributed by atoms with Crippen molar-refractivity contribution in [2.45, 2.75) is 13.1 Å². The van der Waals surface area contributed by atoms with Crippen molar-refractivity contribution in [3.05, 3.63) is 69.8 Å². The second-order valence-corrected chi connectivity index (χ2v) is 6.44. The van der Waals surface area contributed by atoms with Crippen molar-refractivity contribution >= 4 is 17.2 Å². The molecule has 0 aliphatic rings. The van der Waals surface area contributed by atoms with Gasteiger partial charge >= 0.3 is 0 Å². The number of hydrogen-bond donors (Lipinski definition) is 2. The van der Waals surface area contributed by atoms with E-state index in [2.05, 4.69) is 10.3 Å². The minimum Gasteiger partial charge on any atom is -0.497 e. The summed E-state index contributed by atoms with van der Waals surface area (Å²) < 4.78 is 24.9. The fourth-order valence-electron chi connectivity index (χ4n) is 2.35. The number of methoxy groups -OCH3 is 1. The zero-order valence-corrected chi connectivity index (χ0v) is 15.4. The first-order valence-electron chi connectivity index (χ1n) is 8.11. The second kappa shape index (κ2) is 8.61. The maximum atomic E-state index is 14.0. The number of nitrogens with one attached hydrogen (secondary N) is 1. The maximum absolute atomic E-state index is 14.0. The average molecular weight is 387 g/mol. The van der Waals surface area contributed by atoms with Crippen LogP contribution in [0.5, 0.6) is 17.4 Å². The van der Waals surface area contributed by atoms with E-state index in [4.69, 9.17) is 15.2 Å². The highest BCUT2D eigenvalue weighted by atomic mass is 32.1. The molecule has 0 aliphatic heterocycles. The van der Waals surface area contributed by atoms with Crippen molar-refractivity contribution < 1.29 is 18.7 Å². The number of carbonyl (C=O) groups excluding carboxylic acids is 1. The summed E-state index contributed by atoms with van der Waals surface area (Å²) in [6.45, 7) is 0.307. The number of aromatic nitrogens is 1. The first-order valence-corrected chi connectivity index (χ1v) is 8.99. The van der Waals surface area contributed by atoms with Crippen LogP contribution in [0.25, 0.3) is 0 Å². The van der Waals surface area contributed by atoms with Gasteiger partial charge < -0.3 is 20.5 Å². The van der Waals surface area contributed by atoms with Crippen LogP contribution in [-0.2, 0) is 13.1 Å². The van der Waals surface area contributed by atoms with E-state index in [1.54, 1.807) is 43.5 Å². The Balaban J connectivity index is 1.68. The minimum atomic E-state index is -0.407. The fourth-order valence-corrected chi connectivity index (χ4v) is 2.98. The minimum absolute atomic E-state index is 0.0476. The van der Waals surface area contributed by atoms with E-state index in [1.165, 1.54) is 11.6 Å². The lowest BCUT2D eigenvalue weighted by molar-refractivity contribution is 0.0952. The van der Waals surface area contributed by atoms with Crippen LogP contribution in [0.2, 0.25) is 0 Å². The predicted molar refractivity (Wildman–Crippen MR) is 101 cm³/mol. The van der Waals surface area contributed by atoms with Crippen molar-refractivity contribution in [2.75, 3.05) is 7.11 Å². The average Bonchev–Trinajstić information content (AvgIpc) is 3.15. The largest absolute Gasteiger partial charge is 0.497 e. The number of nitrogens with two attached hydrogens (primary N) is 1. The molecular formula is C19H18FN3O3S. The summed E-state index contributed by atoms with van der Waals surface area (Å²) in [6, 6.07) is 11.7. The molecular weight excluding hydrogens is 369 g/mol. The van der Waals surface area contributed by atoms with Gasteiger partial charge in [0.05, 0.1) is 12.6 Å². The number of hydrogen-bond acceptors (Lipinski definition) is 6. The zero-order valence-electron chi connectivity index (χ0n) is 14.6. The summed E-state index contributed by atoms with van der Waals surface area (Å²) in [5.41, 5.74) is 8.07. The summed E-state index contributed by atoms with van der Waals surface area (Å²) in [6.07, 6.45) is 0. The van der Waals surface area contributed by atoms with Gasteiger partial charge in [0.15, 0.2) is 4.88 Å². The van der Waals surface area contributed by atoms with Gasteiger partial charge in [-0.15, -0.1) is 11.3 Å². The number of halogens is 1. The fraction of sp³-hybridized carbons (Fsp3) is 0.158. The van der Waals surface area contributed by atoms with E-state index >= 15 is 0 Å². The van der Waals surface area contributed by atoms with Crippen LogP contribution in [0.15, 0.2) is 48.0 Å². The number of amides is 1. The number of thiazole rings is 1. The summed E-state index contributed by atoms with van der Waals surface area (Å²) in [5, 5.41) is 2.68. The maximum Gasteiger partial charge on any atom is 0.267 e. The van der Waals surface area contributed by atoms with Crippen molar-refractivity contribution in [2.24, 2.45) is 5.73 Å². The molecule has 0 spiro atoms. The van der Waals surface area contributed by atoms with Gasteiger partial charge in [0.25, 0.3) is 5.91 Å². The normalized spacial score (nSPS) is 10.5. The van der Waals surface area contributed by atoms with E-state index < -0.39 is 11.7 Å². The van der Waals surface area contributed by atoms with Crippen molar-refractivity contribution in [1.29, 1.82) is 0 Å². The lowest BCUT2D eigenvalue weighted by Gasteiger charge is -2.09. The third-order valence-electron chi connectivity index (χ3n) is 3.79. The topological polar surface area (TPSA) is 86.5 Å². The van der Waals surface area contributed by atoms with E-state index in [-0.39, 0.29) is 19.0 Å². The Morgan fingerprint density at radius 3 is 2.81 bits per heavy atom. The lowest BCUT2D eigenvalue weighted by Crippen LogP contribution is -2.23. The van der Waals surface area contributed by atoms with Crippen LogP contribution in [0, 0.1) is 5.82 Å². The summed E-state index contributed by atoms with van der Waals surface area (Å²) in [5.74, 6) is 0.515. The van der Waals surface area contributed by atoms with Gasteiger partial charge in [-0.2, -0.15) is 0 Å². The van der Waals surface area contributed by atoms with Gasteiger partial charge in [-0.1, -0.05) is 18.2 Å². The molecule has 0 bridgehead atoms. The van der Waals surface area contributed by atoms with Crippen molar-refractivity contribution in [1.82, 2.24) is 10.3 Å². The van der Waals surface area contributed by atoms with Gasteiger partial charge in [0.1, 0.15) is 17.3 Å². The Morgan fingerprint density at radius 2 is 2.07 bits per heavy atom. The summed E-state index contributed by atoms with van der Waals surface area (Å²) >= 11 is 1.14. The molecule has 3 N–H and O–H groups in total. The van der Waals surface area contributed by atoms with Crippen LogP contribution >= 0.6 is 11.3 Å². The molecule has 0 fully saturated rings. The Kier molecular flexibility index (Phi) is 6.00. The van der Waals surface area contributed by atoms with Crippen LogP contribution < -0.4 is 20.5 Å². The molecule has 0 aliphatic carbocycles. The summed E-state index contributed by atoms with van der Waals surface area (Å²) in [7, 11) is 1.56. The number of rotatable bonds is 7. The molecule has 2 aromatic carbocycles. The standard InChI is InChI=1S/C19H18FN3O3S/c1-25-14-3-2-4-15(8-14)26-19-17(27-11-23-19)18(24)22-10-13-6-5-12(9-21)7-16(13)20/h2-8,11H,9-10,21H2,1H3,(H,22,24). The third-order valence-corrected chi connectivity index (χ3v) is 4.60. The van der Waals surface area contributed by atoms with E-state index in [0.717, 1.165) is 11.3 Å². The molecule has 1 aromatic heterocycles. The quantitative estimate of drug-likeness (QED) is 0.648. The number of carbonyl (C=O) groups is 1. The molecule has 0 unspecified atom stereocenters. The van der Waals surface area contributed by atoms with Crippen molar-refractivity contribution in [3.63, 3.8) is 0 Å². The van der Waals surface area contributed by atoms with Gasteiger partial charge in [-0.05, 0) is 23.8 Å². The van der Waals surface area contributed by atoms with Crippen LogP contribution in [0.3, 0.4) is 0 Å². The first kappa shape index (κ1) is 18.8. The third kappa shape index (κ3) is 4.60. The SMILES string of the molecule is COc1cccc(Oc2ncsc2C(=O)NCc2ccc(CN)cc2F)c1. The Labute approximate surface area is 159 Å². The molecule has 1 heterocycles. The lowest BCUT2D eigenvalue weighted by atomic mass is 10.1. The zero-order chi connectivity index (χ0) is 19.2. The van der Waals surface area contributed by atoms with Gasteiger partial charge in [-0.25, -0.2) is 9.37 Å². The summed E-state index contributed by atoms with van der Waals surface area (Å²) in [4.78, 5) is 16.9. The van der Waals surface area contributed by atoms with Crippen molar-refractivity contribution in [3.8, 4) is 17.4 Å². The van der Waals surface area contributed by atoms with E-state index in [9.17, 15) is 9.18 Å². The smallest absolute Gasteiger partial charge is 0.267 e. The molecule has 27 heavy (non-hydrogen) atoms. The molecule has 0 saturated heterocycles. The number of nitrogens with zero attached hydrogens (tertiary/aromatic N) is 1. The first-order chi connectivity index (χ1) is 13.1. The van der Waals surface area contributed by atoms with Gasteiger partial charge in [-0.3, -0.25) is 4.79 Å². The van der Waals surface area contributed by atoms with Crippen LogP contribution in [0.1, 0.15) is 20.8 Å². The van der Waals surface area contributed by atoms with Crippen LogP contribution in [0.4, 0.5) is 4.39 Å². The van der Waals surface area contributed by atoms with Crippen LogP contribution in [-0.4, -0.2) is 18.0 Å². The molecule has 0 radical (unpaired) electrons. The Bertz CT molecular complexity index is 945. The van der Waals surface area contributed by atoms with Gasteiger partial charge in [0.2, 0.25) is 5.88 Å². The number of ether oxygens (including phenoxy) is 2. The molecule has 8 heteroatoms. The molecule has 3 rings (SSSR count). The highest BCUT2D eigenvalue weighted by Crippen LogP contribution is 2.29. The molecule has 140 valence electrons. The molecule has 6 nitrogen and oxygen atoms in total. The molecule has 1 amide bonds.